The van der Waals surface area contributed by atoms with Gasteiger partial charge in [0.05, 0.1) is 12.8 Å². The summed E-state index contributed by atoms with van der Waals surface area (Å²) in [6.07, 6.45) is 0.807. The number of carbonyl (C=O) groups excluding carboxylic acids is 2. The number of hydrogen-bond donors (Lipinski definition) is 2. The van der Waals surface area contributed by atoms with Crippen LogP contribution in [0.4, 0.5) is 5.69 Å². The summed E-state index contributed by atoms with van der Waals surface area (Å²) in [5.74, 6) is -0.309. The van der Waals surface area contributed by atoms with Crippen LogP contribution in [0.5, 0.6) is 5.75 Å². The molecule has 0 bridgehead atoms. The first-order valence-corrected chi connectivity index (χ1v) is 8.66. The topological polar surface area (TPSA) is 80.3 Å². The number of nitrogens with zero attached hydrogens (tertiary/aromatic N) is 1. The van der Waals surface area contributed by atoms with Crippen molar-refractivity contribution in [1.82, 2.24) is 10.3 Å². The number of benzene rings is 1. The smallest absolute Gasteiger partial charge is 0.274 e. The molecule has 6 nitrogen and oxygen atoms in total. The van der Waals surface area contributed by atoms with Crippen molar-refractivity contribution in [2.45, 2.75) is 33.2 Å². The molecule has 1 unspecified atom stereocenters. The lowest BCUT2D eigenvalue weighted by Gasteiger charge is -2.13. The fourth-order valence-electron chi connectivity index (χ4n) is 2.20. The summed E-state index contributed by atoms with van der Waals surface area (Å²) in [6, 6.07) is 8.13. The highest BCUT2D eigenvalue weighted by atomic mass is 35.5. The first kappa shape index (κ1) is 19.7. The van der Waals surface area contributed by atoms with Crippen molar-refractivity contribution in [3.8, 4) is 5.75 Å². The van der Waals surface area contributed by atoms with Gasteiger partial charge in [-0.2, -0.15) is 0 Å². The molecule has 26 heavy (non-hydrogen) atoms. The van der Waals surface area contributed by atoms with Crippen LogP contribution in [0, 0.1) is 6.92 Å². The second kappa shape index (κ2) is 8.67. The van der Waals surface area contributed by atoms with Gasteiger partial charge in [0.2, 0.25) is 0 Å². The minimum absolute atomic E-state index is 0.0306. The van der Waals surface area contributed by atoms with Gasteiger partial charge in [0.15, 0.2) is 0 Å². The van der Waals surface area contributed by atoms with E-state index in [0.29, 0.717) is 16.5 Å². The molecule has 138 valence electrons. The summed E-state index contributed by atoms with van der Waals surface area (Å²) in [4.78, 5) is 28.9. The maximum atomic E-state index is 12.5. The summed E-state index contributed by atoms with van der Waals surface area (Å²) in [6.45, 7) is 5.71. The SMILES string of the molecule is CCC(C)NC(=O)c1cccc(C(=O)Nc2cc(C)c(Cl)cc2OC)n1. The van der Waals surface area contributed by atoms with Crippen molar-refractivity contribution in [3.05, 3.63) is 52.3 Å². The summed E-state index contributed by atoms with van der Waals surface area (Å²) in [7, 11) is 1.49. The van der Waals surface area contributed by atoms with Crippen LogP contribution in [0.3, 0.4) is 0 Å². The Kier molecular flexibility index (Phi) is 6.58. The van der Waals surface area contributed by atoms with Gasteiger partial charge in [-0.05, 0) is 44.0 Å². The molecule has 0 saturated carbocycles. The van der Waals surface area contributed by atoms with Crippen LogP contribution in [0.25, 0.3) is 0 Å². The first-order valence-electron chi connectivity index (χ1n) is 8.29. The number of pyridine rings is 1. The monoisotopic (exact) mass is 375 g/mol. The second-order valence-corrected chi connectivity index (χ2v) is 6.35. The Hall–Kier alpha value is -2.60. The fourth-order valence-corrected chi connectivity index (χ4v) is 2.36. The number of halogens is 1. The molecule has 1 aromatic heterocycles. The maximum Gasteiger partial charge on any atom is 0.274 e. The normalized spacial score (nSPS) is 11.6. The number of rotatable bonds is 6. The zero-order chi connectivity index (χ0) is 19.3. The molecule has 0 aliphatic heterocycles. The predicted molar refractivity (Wildman–Crippen MR) is 102 cm³/mol. The Labute approximate surface area is 157 Å². The van der Waals surface area contributed by atoms with Gasteiger partial charge in [-0.1, -0.05) is 24.6 Å². The molecule has 0 fully saturated rings. The standard InChI is InChI=1S/C19H22ClN3O3/c1-5-12(3)21-18(24)14-7-6-8-15(22-14)19(25)23-16-9-11(2)13(20)10-17(16)26-4/h6-10,12H,5H2,1-4H3,(H,21,24)(H,23,25). The Morgan fingerprint density at radius 2 is 1.88 bits per heavy atom. The van der Waals surface area contributed by atoms with E-state index in [-0.39, 0.29) is 23.3 Å². The third kappa shape index (κ3) is 4.73. The van der Waals surface area contributed by atoms with Gasteiger partial charge in [0.25, 0.3) is 11.8 Å². The highest BCUT2D eigenvalue weighted by Gasteiger charge is 2.16. The van der Waals surface area contributed by atoms with Crippen LogP contribution >= 0.6 is 11.6 Å². The quantitative estimate of drug-likeness (QED) is 0.804. The molecule has 0 saturated heterocycles. The van der Waals surface area contributed by atoms with Crippen molar-refractivity contribution < 1.29 is 14.3 Å². The van der Waals surface area contributed by atoms with Gasteiger partial charge < -0.3 is 15.4 Å². The molecular weight excluding hydrogens is 354 g/mol. The van der Waals surface area contributed by atoms with Gasteiger partial charge in [0, 0.05) is 17.1 Å². The molecular formula is C19H22ClN3O3. The van der Waals surface area contributed by atoms with E-state index in [0.717, 1.165) is 12.0 Å². The van der Waals surface area contributed by atoms with Crippen LogP contribution in [-0.4, -0.2) is 29.9 Å². The van der Waals surface area contributed by atoms with Crippen LogP contribution in [0.1, 0.15) is 46.8 Å². The molecule has 1 heterocycles. The van der Waals surface area contributed by atoms with Crippen molar-refractivity contribution in [3.63, 3.8) is 0 Å². The van der Waals surface area contributed by atoms with Crippen LogP contribution in [-0.2, 0) is 0 Å². The first-order chi connectivity index (χ1) is 12.3. The molecule has 0 aliphatic carbocycles. The Balaban J connectivity index is 2.22. The van der Waals surface area contributed by atoms with E-state index in [1.165, 1.54) is 7.11 Å². The van der Waals surface area contributed by atoms with E-state index in [2.05, 4.69) is 15.6 Å². The average Bonchev–Trinajstić information content (AvgIpc) is 2.64. The highest BCUT2D eigenvalue weighted by Crippen LogP contribution is 2.31. The third-order valence-corrected chi connectivity index (χ3v) is 4.34. The number of carbonyl (C=O) groups is 2. The third-order valence-electron chi connectivity index (χ3n) is 3.93. The lowest BCUT2D eigenvalue weighted by atomic mass is 10.2. The van der Waals surface area contributed by atoms with Crippen LogP contribution in [0.2, 0.25) is 5.02 Å². The molecule has 1 aromatic carbocycles. The Bertz CT molecular complexity index is 824. The lowest BCUT2D eigenvalue weighted by molar-refractivity contribution is 0.0934. The van der Waals surface area contributed by atoms with Gasteiger partial charge in [-0.25, -0.2) is 4.98 Å². The van der Waals surface area contributed by atoms with Crippen LogP contribution in [0.15, 0.2) is 30.3 Å². The number of anilines is 1. The van der Waals surface area contributed by atoms with Gasteiger partial charge in [-0.3, -0.25) is 9.59 Å². The molecule has 0 aliphatic rings. The number of methoxy groups -OCH3 is 1. The van der Waals surface area contributed by atoms with E-state index in [1.54, 1.807) is 30.3 Å². The molecule has 0 radical (unpaired) electrons. The maximum absolute atomic E-state index is 12.5. The van der Waals surface area contributed by atoms with Crippen molar-refractivity contribution >= 4 is 29.1 Å². The summed E-state index contributed by atoms with van der Waals surface area (Å²) < 4.78 is 5.25. The fraction of sp³-hybridized carbons (Fsp3) is 0.316. The highest BCUT2D eigenvalue weighted by molar-refractivity contribution is 6.31. The predicted octanol–water partition coefficient (Wildman–Crippen LogP) is 3.83. The van der Waals surface area contributed by atoms with E-state index in [1.807, 2.05) is 20.8 Å². The lowest BCUT2D eigenvalue weighted by Crippen LogP contribution is -2.32. The average molecular weight is 376 g/mol. The van der Waals surface area contributed by atoms with E-state index < -0.39 is 5.91 Å². The number of ether oxygens (including phenoxy) is 1. The summed E-state index contributed by atoms with van der Waals surface area (Å²) in [5, 5.41) is 6.12. The molecule has 2 aromatic rings. The van der Waals surface area contributed by atoms with Gasteiger partial charge >= 0.3 is 0 Å². The minimum Gasteiger partial charge on any atom is -0.495 e. The summed E-state index contributed by atoms with van der Waals surface area (Å²) >= 11 is 6.08. The van der Waals surface area contributed by atoms with E-state index in [4.69, 9.17) is 16.3 Å². The Morgan fingerprint density at radius 1 is 1.23 bits per heavy atom. The number of aryl methyl sites for hydroxylation is 1. The molecule has 2 rings (SSSR count). The largest absolute Gasteiger partial charge is 0.495 e. The number of nitrogens with one attached hydrogen (secondary N) is 2. The van der Waals surface area contributed by atoms with Crippen molar-refractivity contribution in [2.75, 3.05) is 12.4 Å². The van der Waals surface area contributed by atoms with Crippen LogP contribution < -0.4 is 15.4 Å². The number of amides is 2. The van der Waals surface area contributed by atoms with E-state index >= 15 is 0 Å². The van der Waals surface area contributed by atoms with Gasteiger partial charge in [-0.15, -0.1) is 0 Å². The second-order valence-electron chi connectivity index (χ2n) is 5.95. The molecule has 2 amide bonds. The van der Waals surface area contributed by atoms with Crippen molar-refractivity contribution in [1.29, 1.82) is 0 Å². The molecule has 0 spiro atoms. The molecule has 7 heteroatoms. The number of aromatic nitrogens is 1. The minimum atomic E-state index is -0.441. The molecule has 2 N–H and O–H groups in total. The van der Waals surface area contributed by atoms with Gasteiger partial charge in [0.1, 0.15) is 17.1 Å². The zero-order valence-electron chi connectivity index (χ0n) is 15.2. The van der Waals surface area contributed by atoms with Crippen molar-refractivity contribution in [2.24, 2.45) is 0 Å². The van der Waals surface area contributed by atoms with E-state index in [9.17, 15) is 9.59 Å². The summed E-state index contributed by atoms with van der Waals surface area (Å²) in [5.41, 5.74) is 1.61. The number of hydrogen-bond acceptors (Lipinski definition) is 4. The zero-order valence-corrected chi connectivity index (χ0v) is 16.0. The Morgan fingerprint density at radius 3 is 2.50 bits per heavy atom. The molecule has 1 atom stereocenters.